The maximum Gasteiger partial charge on any atom is 0.227 e. The van der Waals surface area contributed by atoms with Crippen molar-refractivity contribution in [2.45, 2.75) is 46.1 Å². The first-order valence-corrected chi connectivity index (χ1v) is 8.00. The summed E-state index contributed by atoms with van der Waals surface area (Å²) in [6.07, 6.45) is 3.36. The van der Waals surface area contributed by atoms with Gasteiger partial charge in [0.1, 0.15) is 0 Å². The van der Waals surface area contributed by atoms with E-state index in [-0.39, 0.29) is 17.9 Å². The molecule has 1 saturated heterocycles. The molecule has 0 aromatic heterocycles. The molecule has 2 rings (SSSR count). The Kier molecular flexibility index (Phi) is 5.04. The van der Waals surface area contributed by atoms with Crippen LogP contribution in [0.2, 0.25) is 0 Å². The van der Waals surface area contributed by atoms with E-state index >= 15 is 0 Å². The molecule has 21 heavy (non-hydrogen) atoms. The van der Waals surface area contributed by atoms with Crippen LogP contribution in [-0.4, -0.2) is 23.9 Å². The van der Waals surface area contributed by atoms with Crippen LogP contribution in [-0.2, 0) is 4.79 Å². The molecular formula is C18H28N2O. The van der Waals surface area contributed by atoms with Crippen molar-refractivity contribution in [2.75, 3.05) is 13.1 Å². The normalized spacial score (nSPS) is 21.4. The highest BCUT2D eigenvalue weighted by molar-refractivity contribution is 5.79. The number of amides is 1. The minimum absolute atomic E-state index is 0.173. The van der Waals surface area contributed by atoms with Gasteiger partial charge in [0, 0.05) is 19.1 Å². The predicted molar refractivity (Wildman–Crippen MR) is 86.7 cm³/mol. The largest absolute Gasteiger partial charge is 0.342 e. The van der Waals surface area contributed by atoms with Gasteiger partial charge in [-0.2, -0.15) is 0 Å². The van der Waals surface area contributed by atoms with E-state index in [1.165, 1.54) is 6.42 Å². The molecule has 0 bridgehead atoms. The van der Waals surface area contributed by atoms with Gasteiger partial charge in [-0.1, -0.05) is 51.1 Å². The van der Waals surface area contributed by atoms with Gasteiger partial charge in [-0.25, -0.2) is 0 Å². The van der Waals surface area contributed by atoms with Crippen molar-refractivity contribution >= 4 is 5.91 Å². The van der Waals surface area contributed by atoms with Crippen LogP contribution in [0.15, 0.2) is 30.3 Å². The molecule has 1 heterocycles. The fourth-order valence-corrected chi connectivity index (χ4v) is 3.05. The first-order valence-electron chi connectivity index (χ1n) is 8.00. The first-order chi connectivity index (χ1) is 9.91. The van der Waals surface area contributed by atoms with E-state index in [2.05, 4.69) is 13.8 Å². The smallest absolute Gasteiger partial charge is 0.227 e. The molecule has 3 nitrogen and oxygen atoms in total. The van der Waals surface area contributed by atoms with Gasteiger partial charge < -0.3 is 10.6 Å². The third-order valence-corrected chi connectivity index (χ3v) is 4.76. The highest BCUT2D eigenvalue weighted by Crippen LogP contribution is 2.31. The molecule has 2 atom stereocenters. The average Bonchev–Trinajstić information content (AvgIpc) is 2.66. The zero-order valence-corrected chi connectivity index (χ0v) is 13.5. The summed E-state index contributed by atoms with van der Waals surface area (Å²) in [6.45, 7) is 8.27. The van der Waals surface area contributed by atoms with Gasteiger partial charge in [0.15, 0.2) is 0 Å². The summed E-state index contributed by atoms with van der Waals surface area (Å²) in [4.78, 5) is 14.7. The van der Waals surface area contributed by atoms with Gasteiger partial charge in [0.25, 0.3) is 0 Å². The van der Waals surface area contributed by atoms with E-state index in [4.69, 9.17) is 5.73 Å². The molecule has 1 aromatic carbocycles. The van der Waals surface area contributed by atoms with Gasteiger partial charge in [-0.3, -0.25) is 4.79 Å². The molecule has 0 spiro atoms. The minimum atomic E-state index is -0.227. The molecule has 1 aliphatic heterocycles. The minimum Gasteiger partial charge on any atom is -0.342 e. The summed E-state index contributed by atoms with van der Waals surface area (Å²) in [5.74, 6) is 0.0256. The molecule has 116 valence electrons. The van der Waals surface area contributed by atoms with Gasteiger partial charge in [0.2, 0.25) is 5.91 Å². The molecule has 0 aliphatic carbocycles. The Morgan fingerprint density at radius 3 is 2.52 bits per heavy atom. The summed E-state index contributed by atoms with van der Waals surface area (Å²) in [7, 11) is 0. The molecule has 2 unspecified atom stereocenters. The number of rotatable bonds is 3. The number of nitrogens with two attached hydrogens (primary N) is 1. The summed E-state index contributed by atoms with van der Waals surface area (Å²) >= 11 is 0. The Hall–Kier alpha value is -1.35. The molecule has 0 saturated carbocycles. The van der Waals surface area contributed by atoms with E-state index in [1.54, 1.807) is 0 Å². The zero-order chi connectivity index (χ0) is 15.5. The third-order valence-electron chi connectivity index (χ3n) is 4.76. The van der Waals surface area contributed by atoms with E-state index in [0.29, 0.717) is 5.41 Å². The monoisotopic (exact) mass is 288 g/mol. The van der Waals surface area contributed by atoms with Gasteiger partial charge in [-0.15, -0.1) is 0 Å². The second-order valence-electron chi connectivity index (χ2n) is 7.07. The van der Waals surface area contributed by atoms with Crippen LogP contribution >= 0.6 is 0 Å². The van der Waals surface area contributed by atoms with Crippen LogP contribution in [0.5, 0.6) is 0 Å². The van der Waals surface area contributed by atoms with E-state index in [9.17, 15) is 4.79 Å². The predicted octanol–water partition coefficient (Wildman–Crippen LogP) is 3.36. The maximum atomic E-state index is 12.7. The van der Waals surface area contributed by atoms with Crippen molar-refractivity contribution in [3.63, 3.8) is 0 Å². The van der Waals surface area contributed by atoms with Crippen LogP contribution in [0.25, 0.3) is 0 Å². The lowest BCUT2D eigenvalue weighted by molar-refractivity contribution is -0.135. The summed E-state index contributed by atoms with van der Waals surface area (Å²) in [5.41, 5.74) is 7.67. The summed E-state index contributed by atoms with van der Waals surface area (Å²) in [5, 5.41) is 0. The van der Waals surface area contributed by atoms with Gasteiger partial charge >= 0.3 is 0 Å². The number of likely N-dealkylation sites (tertiary alicyclic amines) is 1. The number of hydrogen-bond acceptors (Lipinski definition) is 2. The van der Waals surface area contributed by atoms with Gasteiger partial charge in [-0.05, 0) is 30.2 Å². The topological polar surface area (TPSA) is 46.3 Å². The molecule has 1 aliphatic rings. The van der Waals surface area contributed by atoms with E-state index in [1.807, 2.05) is 42.2 Å². The maximum absolute atomic E-state index is 12.7. The molecule has 1 fully saturated rings. The lowest BCUT2D eigenvalue weighted by Crippen LogP contribution is -2.40. The van der Waals surface area contributed by atoms with Crippen molar-refractivity contribution in [2.24, 2.45) is 17.1 Å². The zero-order valence-electron chi connectivity index (χ0n) is 13.5. The third kappa shape index (κ3) is 4.07. The van der Waals surface area contributed by atoms with Crippen molar-refractivity contribution in [3.8, 4) is 0 Å². The fraction of sp³-hybridized carbons (Fsp3) is 0.611. The molecule has 1 aromatic rings. The van der Waals surface area contributed by atoms with Crippen molar-refractivity contribution in [1.29, 1.82) is 0 Å². The van der Waals surface area contributed by atoms with Crippen LogP contribution < -0.4 is 5.73 Å². The summed E-state index contributed by atoms with van der Waals surface area (Å²) in [6, 6.07) is 9.69. The summed E-state index contributed by atoms with van der Waals surface area (Å²) < 4.78 is 0. The van der Waals surface area contributed by atoms with E-state index < -0.39 is 0 Å². The molecular weight excluding hydrogens is 260 g/mol. The number of nitrogens with zero attached hydrogens (tertiary/aromatic N) is 1. The number of benzene rings is 1. The highest BCUT2D eigenvalue weighted by atomic mass is 16.2. The van der Waals surface area contributed by atoms with Crippen LogP contribution in [0.1, 0.15) is 51.6 Å². The Bertz CT molecular complexity index is 469. The average molecular weight is 288 g/mol. The second kappa shape index (κ2) is 6.61. The number of hydrogen-bond donors (Lipinski definition) is 1. The lowest BCUT2D eigenvalue weighted by atomic mass is 9.85. The van der Waals surface area contributed by atoms with Gasteiger partial charge in [0.05, 0.1) is 5.92 Å². The quantitative estimate of drug-likeness (QED) is 0.927. The first kappa shape index (κ1) is 16.0. The fourth-order valence-electron chi connectivity index (χ4n) is 3.05. The van der Waals surface area contributed by atoms with Crippen molar-refractivity contribution in [1.82, 2.24) is 4.90 Å². The van der Waals surface area contributed by atoms with Crippen molar-refractivity contribution < 1.29 is 4.79 Å². The SMILES string of the molecule is CC(C(=O)N1CCCC(C)(C)CC1)C(N)c1ccccc1. The Morgan fingerprint density at radius 1 is 1.19 bits per heavy atom. The van der Waals surface area contributed by atoms with Crippen LogP contribution in [0, 0.1) is 11.3 Å². The number of carbonyl (C=O) groups excluding carboxylic acids is 1. The van der Waals surface area contributed by atoms with E-state index in [0.717, 1.165) is 31.5 Å². The highest BCUT2D eigenvalue weighted by Gasteiger charge is 2.30. The molecule has 1 amide bonds. The molecule has 3 heteroatoms. The number of carbonyl (C=O) groups is 1. The van der Waals surface area contributed by atoms with Crippen LogP contribution in [0.3, 0.4) is 0 Å². The Labute approximate surface area is 128 Å². The van der Waals surface area contributed by atoms with Crippen molar-refractivity contribution in [3.05, 3.63) is 35.9 Å². The molecule has 2 N–H and O–H groups in total. The lowest BCUT2D eigenvalue weighted by Gasteiger charge is -2.28. The molecule has 0 radical (unpaired) electrons. The standard InChI is InChI=1S/C18H28N2O/c1-14(16(19)15-8-5-4-6-9-15)17(21)20-12-7-10-18(2,3)11-13-20/h4-6,8-9,14,16H,7,10-13,19H2,1-3H3. The Morgan fingerprint density at radius 2 is 1.86 bits per heavy atom. The second-order valence-corrected chi connectivity index (χ2v) is 7.07. The van der Waals surface area contributed by atoms with Crippen LogP contribution in [0.4, 0.5) is 0 Å². The Balaban J connectivity index is 2.02.